The molecule has 0 atom stereocenters. The van der Waals surface area contributed by atoms with Crippen molar-refractivity contribution in [3.05, 3.63) is 59.9 Å². The van der Waals surface area contributed by atoms with Crippen LogP contribution in [-0.4, -0.2) is 43.3 Å². The van der Waals surface area contributed by atoms with Gasteiger partial charge < -0.3 is 11.1 Å². The Kier molecular flexibility index (Phi) is 9.31. The third-order valence-electron chi connectivity index (χ3n) is 4.70. The van der Waals surface area contributed by atoms with Crippen LogP contribution in [0.15, 0.2) is 58.5 Å². The first-order valence-electron chi connectivity index (χ1n) is 9.58. The largest absolute Gasteiger partial charge is 0.370 e. The molecule has 29 heavy (non-hydrogen) atoms. The van der Waals surface area contributed by atoms with E-state index in [-0.39, 0.29) is 24.0 Å². The normalized spacial score (nSPS) is 15.5. The second-order valence-corrected chi connectivity index (χ2v) is 8.75. The standard InChI is InChI=1S/C20H27N5O2S.HI/c21-20(23-12-10-18-8-2-3-11-22-18)24-16-17-7-6-9-19(15-17)28(26,27)25-13-4-1-5-14-25;/h2-3,6-9,11,15H,1,4-5,10,12-14,16H2,(H3,21,23,24);1H. The Morgan fingerprint density at radius 1 is 1.14 bits per heavy atom. The molecule has 0 aliphatic carbocycles. The van der Waals surface area contributed by atoms with Gasteiger partial charge in [-0.25, -0.2) is 13.4 Å². The number of aromatic nitrogens is 1. The zero-order chi connectivity index (χ0) is 19.8. The van der Waals surface area contributed by atoms with Crippen molar-refractivity contribution in [1.29, 1.82) is 0 Å². The minimum Gasteiger partial charge on any atom is -0.370 e. The molecule has 9 heteroatoms. The molecule has 2 heterocycles. The van der Waals surface area contributed by atoms with Gasteiger partial charge in [0.15, 0.2) is 5.96 Å². The Hall–Kier alpha value is -1.72. The Labute approximate surface area is 189 Å². The summed E-state index contributed by atoms with van der Waals surface area (Å²) < 4.78 is 27.2. The van der Waals surface area contributed by atoms with Gasteiger partial charge in [-0.2, -0.15) is 4.31 Å². The summed E-state index contributed by atoms with van der Waals surface area (Å²) in [5.74, 6) is 0.334. The lowest BCUT2D eigenvalue weighted by Crippen LogP contribution is -2.35. The van der Waals surface area contributed by atoms with Crippen LogP contribution in [0.5, 0.6) is 0 Å². The summed E-state index contributed by atoms with van der Waals surface area (Å²) in [7, 11) is -3.44. The molecule has 0 unspecified atom stereocenters. The van der Waals surface area contributed by atoms with Crippen molar-refractivity contribution in [2.24, 2.45) is 10.7 Å². The van der Waals surface area contributed by atoms with Crippen LogP contribution in [0.2, 0.25) is 0 Å². The van der Waals surface area contributed by atoms with Crippen molar-refractivity contribution in [1.82, 2.24) is 14.6 Å². The van der Waals surface area contributed by atoms with E-state index in [4.69, 9.17) is 5.73 Å². The SMILES string of the molecule is I.NC(=NCc1cccc(S(=O)(=O)N2CCCCC2)c1)NCCc1ccccn1. The minimum atomic E-state index is -3.44. The molecule has 1 aromatic heterocycles. The molecule has 1 aliphatic heterocycles. The van der Waals surface area contributed by atoms with E-state index in [0.29, 0.717) is 37.0 Å². The van der Waals surface area contributed by atoms with E-state index in [0.717, 1.165) is 36.9 Å². The smallest absolute Gasteiger partial charge is 0.243 e. The molecule has 0 amide bonds. The van der Waals surface area contributed by atoms with Crippen LogP contribution in [0.4, 0.5) is 0 Å². The average Bonchev–Trinajstić information content (AvgIpc) is 2.74. The molecule has 3 N–H and O–H groups in total. The van der Waals surface area contributed by atoms with E-state index in [2.05, 4.69) is 15.3 Å². The van der Waals surface area contributed by atoms with Crippen molar-refractivity contribution < 1.29 is 8.42 Å². The predicted molar refractivity (Wildman–Crippen MR) is 126 cm³/mol. The van der Waals surface area contributed by atoms with Crippen molar-refractivity contribution in [2.45, 2.75) is 37.1 Å². The summed E-state index contributed by atoms with van der Waals surface area (Å²) in [6.45, 7) is 2.15. The first-order chi connectivity index (χ1) is 13.6. The van der Waals surface area contributed by atoms with Gasteiger partial charge in [0, 0.05) is 37.9 Å². The van der Waals surface area contributed by atoms with Gasteiger partial charge >= 0.3 is 0 Å². The van der Waals surface area contributed by atoms with Crippen LogP contribution < -0.4 is 11.1 Å². The van der Waals surface area contributed by atoms with Crippen LogP contribution in [0.3, 0.4) is 0 Å². The molecular weight excluding hydrogens is 501 g/mol. The molecule has 3 rings (SSSR count). The van der Waals surface area contributed by atoms with Gasteiger partial charge in [-0.05, 0) is 42.7 Å². The monoisotopic (exact) mass is 529 g/mol. The molecule has 1 aliphatic rings. The highest BCUT2D eigenvalue weighted by Crippen LogP contribution is 2.21. The molecule has 0 saturated carbocycles. The molecule has 7 nitrogen and oxygen atoms in total. The highest BCUT2D eigenvalue weighted by molar-refractivity contribution is 14.0. The van der Waals surface area contributed by atoms with Crippen LogP contribution in [0.25, 0.3) is 0 Å². The van der Waals surface area contributed by atoms with Crippen molar-refractivity contribution in [2.75, 3.05) is 19.6 Å². The number of sulfonamides is 1. The van der Waals surface area contributed by atoms with Gasteiger partial charge in [0.2, 0.25) is 10.0 Å². The Morgan fingerprint density at radius 3 is 2.66 bits per heavy atom. The molecule has 0 spiro atoms. The van der Waals surface area contributed by atoms with Gasteiger partial charge in [0.25, 0.3) is 0 Å². The van der Waals surface area contributed by atoms with Gasteiger partial charge in [-0.3, -0.25) is 4.98 Å². The van der Waals surface area contributed by atoms with E-state index in [9.17, 15) is 8.42 Å². The first-order valence-corrected chi connectivity index (χ1v) is 11.0. The lowest BCUT2D eigenvalue weighted by molar-refractivity contribution is 0.346. The molecular formula is C20H28IN5O2S. The number of aliphatic imine (C=N–C) groups is 1. The van der Waals surface area contributed by atoms with Crippen LogP contribution in [0, 0.1) is 0 Å². The topological polar surface area (TPSA) is 101 Å². The second-order valence-electron chi connectivity index (χ2n) is 6.81. The minimum absolute atomic E-state index is 0. The van der Waals surface area contributed by atoms with Gasteiger partial charge in [-0.15, -0.1) is 24.0 Å². The van der Waals surface area contributed by atoms with Crippen molar-refractivity contribution >= 4 is 40.0 Å². The fraction of sp³-hybridized carbons (Fsp3) is 0.400. The highest BCUT2D eigenvalue weighted by atomic mass is 127. The van der Waals surface area contributed by atoms with E-state index in [1.54, 1.807) is 28.7 Å². The predicted octanol–water partition coefficient (Wildman–Crippen LogP) is 2.52. The number of rotatable bonds is 7. The fourth-order valence-corrected chi connectivity index (χ4v) is 4.74. The molecule has 0 radical (unpaired) electrons. The lowest BCUT2D eigenvalue weighted by Gasteiger charge is -2.26. The molecule has 0 bridgehead atoms. The Balaban J connectivity index is 0.00000300. The second kappa shape index (κ2) is 11.5. The highest BCUT2D eigenvalue weighted by Gasteiger charge is 2.25. The molecule has 1 aromatic carbocycles. The molecule has 2 aromatic rings. The quantitative estimate of drug-likeness (QED) is 0.326. The van der Waals surface area contributed by atoms with Gasteiger partial charge in [0.1, 0.15) is 0 Å². The molecule has 1 fully saturated rings. The van der Waals surface area contributed by atoms with Crippen LogP contribution in [-0.2, 0) is 23.0 Å². The molecule has 158 valence electrons. The van der Waals surface area contributed by atoms with E-state index in [1.165, 1.54) is 0 Å². The van der Waals surface area contributed by atoms with E-state index < -0.39 is 10.0 Å². The lowest BCUT2D eigenvalue weighted by atomic mass is 10.2. The average molecular weight is 529 g/mol. The zero-order valence-electron chi connectivity index (χ0n) is 16.3. The number of guanidine groups is 1. The third kappa shape index (κ3) is 6.93. The zero-order valence-corrected chi connectivity index (χ0v) is 19.5. The maximum Gasteiger partial charge on any atom is 0.243 e. The number of halogens is 1. The number of benzene rings is 1. The number of piperidine rings is 1. The summed E-state index contributed by atoms with van der Waals surface area (Å²) in [6, 6.07) is 12.7. The van der Waals surface area contributed by atoms with Crippen LogP contribution in [0.1, 0.15) is 30.5 Å². The Morgan fingerprint density at radius 2 is 1.93 bits per heavy atom. The van der Waals surface area contributed by atoms with Gasteiger partial charge in [-0.1, -0.05) is 24.6 Å². The Bertz CT molecular complexity index is 900. The first kappa shape index (κ1) is 23.6. The number of hydrogen-bond donors (Lipinski definition) is 2. The van der Waals surface area contributed by atoms with E-state index >= 15 is 0 Å². The summed E-state index contributed by atoms with van der Waals surface area (Å²) in [5, 5.41) is 3.06. The summed E-state index contributed by atoms with van der Waals surface area (Å²) in [5.41, 5.74) is 7.72. The number of nitrogens with one attached hydrogen (secondary N) is 1. The maximum atomic E-state index is 12.8. The number of hydrogen-bond acceptors (Lipinski definition) is 4. The van der Waals surface area contributed by atoms with E-state index in [1.807, 2.05) is 24.3 Å². The molecule has 1 saturated heterocycles. The summed E-state index contributed by atoms with van der Waals surface area (Å²) in [6.07, 6.45) is 5.44. The van der Waals surface area contributed by atoms with Crippen molar-refractivity contribution in [3.8, 4) is 0 Å². The maximum absolute atomic E-state index is 12.8. The number of nitrogens with two attached hydrogens (primary N) is 1. The van der Waals surface area contributed by atoms with Crippen LogP contribution >= 0.6 is 24.0 Å². The number of nitrogens with zero attached hydrogens (tertiary/aromatic N) is 3. The van der Waals surface area contributed by atoms with Crippen molar-refractivity contribution in [3.63, 3.8) is 0 Å². The summed E-state index contributed by atoms with van der Waals surface area (Å²) in [4.78, 5) is 8.90. The third-order valence-corrected chi connectivity index (χ3v) is 6.59. The van der Waals surface area contributed by atoms with Gasteiger partial charge in [0.05, 0.1) is 11.4 Å². The summed E-state index contributed by atoms with van der Waals surface area (Å²) >= 11 is 0. The fourth-order valence-electron chi connectivity index (χ4n) is 3.16. The number of pyridine rings is 1.